The van der Waals surface area contributed by atoms with Crippen molar-refractivity contribution in [2.75, 3.05) is 0 Å². The molecule has 0 aliphatic heterocycles. The van der Waals surface area contributed by atoms with Gasteiger partial charge in [-0.2, -0.15) is 0 Å². The molecule has 0 aromatic carbocycles. The zero-order valence-corrected chi connectivity index (χ0v) is 8.49. The molecule has 0 saturated heterocycles. The Morgan fingerprint density at radius 3 is 0.750 bits per heavy atom. The Bertz CT molecular complexity index is 6.00. The van der Waals surface area contributed by atoms with Crippen LogP contribution in [0, 0.1) is 36.9 Å². The third-order valence-electron chi connectivity index (χ3n) is 0. The maximum absolute atomic E-state index is 0. The molecule has 0 aliphatic rings. The molecule has 0 aromatic heterocycles. The summed E-state index contributed by atoms with van der Waals surface area (Å²) in [6.45, 7) is 0. The fraction of sp³-hybridized carbons (Fsp3) is 0. The maximum Gasteiger partial charge on any atom is 3.00 e. The van der Waals surface area contributed by atoms with Gasteiger partial charge in [-0.15, -0.1) is 0 Å². The van der Waals surface area contributed by atoms with Crippen LogP contribution in [0.15, 0.2) is 0 Å². The van der Waals surface area contributed by atoms with Crippen LogP contribution in [0.3, 0.4) is 0 Å². The molecule has 28 valence electrons. The zero-order valence-electron chi connectivity index (χ0n) is 2.07. The van der Waals surface area contributed by atoms with E-state index in [1.54, 1.807) is 0 Å². The topological polar surface area (TPSA) is 0 Å². The predicted octanol–water partition coefficient (Wildman–Crippen LogP) is -3.00. The van der Waals surface area contributed by atoms with E-state index in [4.69, 9.17) is 0 Å². The van der Waals surface area contributed by atoms with Gasteiger partial charge in [0.05, 0.1) is 0 Å². The third kappa shape index (κ3) is 9.13. The molecule has 4 heteroatoms. The first-order valence-electron chi connectivity index (χ1n) is 0. The van der Waals surface area contributed by atoms with Gasteiger partial charge in [-0.25, -0.2) is 0 Å². The molecular formula is KLuS2. The molecule has 0 fully saturated rings. The molecule has 0 spiro atoms. The van der Waals surface area contributed by atoms with Crippen molar-refractivity contribution < 1.29 is 88.3 Å². The Kier molecular flexibility index (Phi) is 103. The van der Waals surface area contributed by atoms with Crippen molar-refractivity contribution >= 4 is 27.0 Å². The molecule has 0 unspecified atom stereocenters. The fourth-order valence-corrected chi connectivity index (χ4v) is 0. The minimum absolute atomic E-state index is 0. The van der Waals surface area contributed by atoms with E-state index in [-0.39, 0.29) is 115 Å². The van der Waals surface area contributed by atoms with E-state index in [1.807, 2.05) is 0 Å². The van der Waals surface area contributed by atoms with Crippen LogP contribution in [0.5, 0.6) is 0 Å². The number of rotatable bonds is 0. The summed E-state index contributed by atoms with van der Waals surface area (Å²) in [5.74, 6) is 0. The molecule has 0 heterocycles. The molecule has 0 nitrogen and oxygen atoms in total. The van der Waals surface area contributed by atoms with Gasteiger partial charge >= 0.3 is 88.3 Å². The third-order valence-corrected chi connectivity index (χ3v) is 0. The van der Waals surface area contributed by atoms with Crippen molar-refractivity contribution in [3.8, 4) is 0 Å². The first-order valence-corrected chi connectivity index (χ1v) is 0. The van der Waals surface area contributed by atoms with Gasteiger partial charge in [0, 0.05) is 0 Å². The fourth-order valence-electron chi connectivity index (χ4n) is 0. The van der Waals surface area contributed by atoms with Crippen molar-refractivity contribution in [3.63, 3.8) is 0 Å². The smallest absolute Gasteiger partial charge is 2.00 e. The summed E-state index contributed by atoms with van der Waals surface area (Å²) < 4.78 is 0. The summed E-state index contributed by atoms with van der Waals surface area (Å²) >= 11 is 0. The van der Waals surface area contributed by atoms with Crippen LogP contribution >= 0.6 is 0 Å². The summed E-state index contributed by atoms with van der Waals surface area (Å²) in [5.41, 5.74) is 0. The van der Waals surface area contributed by atoms with Gasteiger partial charge in [-0.05, 0) is 0 Å². The van der Waals surface area contributed by atoms with Crippen molar-refractivity contribution in [1.29, 1.82) is 0 Å². The minimum Gasteiger partial charge on any atom is -2.00 e. The van der Waals surface area contributed by atoms with E-state index < -0.39 is 0 Å². The minimum atomic E-state index is 0. The summed E-state index contributed by atoms with van der Waals surface area (Å²) in [5, 5.41) is 0. The zero-order chi connectivity index (χ0) is 0. The van der Waals surface area contributed by atoms with Gasteiger partial charge in [-0.3, -0.25) is 0 Å². The van der Waals surface area contributed by atoms with Gasteiger partial charge in [0.1, 0.15) is 0 Å². The van der Waals surface area contributed by atoms with Gasteiger partial charge in [0.25, 0.3) is 0 Å². The van der Waals surface area contributed by atoms with Gasteiger partial charge in [-0.1, -0.05) is 0 Å². The quantitative estimate of drug-likeness (QED) is 0.414. The van der Waals surface area contributed by atoms with Gasteiger partial charge in [0.15, 0.2) is 0 Å². The standard InChI is InChI=1S/K.Lu.2S/q+1;+3;2*-2. The largest absolute Gasteiger partial charge is 3.00 e. The molecule has 4 heavy (non-hydrogen) atoms. The first kappa shape index (κ1) is 25.6. The molecular weight excluding hydrogens is 278 g/mol. The number of hydrogen-bond acceptors (Lipinski definition) is 0. The molecule has 0 atom stereocenters. The van der Waals surface area contributed by atoms with E-state index >= 15 is 0 Å². The average molecular weight is 278 g/mol. The van der Waals surface area contributed by atoms with Gasteiger partial charge < -0.3 is 27.0 Å². The Morgan fingerprint density at radius 2 is 0.750 bits per heavy atom. The molecule has 0 saturated carbocycles. The molecule has 0 bridgehead atoms. The van der Waals surface area contributed by atoms with Crippen LogP contribution in [0.1, 0.15) is 0 Å². The SMILES string of the molecule is [K+].[Lu+3].[S-2].[S-2]. The first-order chi connectivity index (χ1) is 0. The molecule has 0 radical (unpaired) electrons. The van der Waals surface area contributed by atoms with Crippen molar-refractivity contribution in [3.05, 3.63) is 0 Å². The summed E-state index contributed by atoms with van der Waals surface area (Å²) in [4.78, 5) is 0. The maximum atomic E-state index is 0. The second-order valence-electron chi connectivity index (χ2n) is 0. The van der Waals surface area contributed by atoms with Crippen molar-refractivity contribution in [2.24, 2.45) is 0 Å². The Morgan fingerprint density at radius 1 is 0.750 bits per heavy atom. The Balaban J connectivity index is 0. The van der Waals surface area contributed by atoms with Crippen LogP contribution in [0.4, 0.5) is 0 Å². The predicted molar refractivity (Wildman–Crippen MR) is 14.7 cm³/mol. The Labute approximate surface area is 112 Å². The second-order valence-corrected chi connectivity index (χ2v) is 0. The summed E-state index contributed by atoms with van der Waals surface area (Å²) in [6.07, 6.45) is 0. The van der Waals surface area contributed by atoms with E-state index in [0.29, 0.717) is 0 Å². The van der Waals surface area contributed by atoms with Crippen LogP contribution in [0.2, 0.25) is 0 Å². The average Bonchev–Trinajstić information content (AvgIpc) is 0. The molecule has 0 rings (SSSR count). The van der Waals surface area contributed by atoms with Crippen molar-refractivity contribution in [2.45, 2.75) is 0 Å². The second kappa shape index (κ2) is 16.0. The van der Waals surface area contributed by atoms with E-state index in [2.05, 4.69) is 0 Å². The molecule has 0 aliphatic carbocycles. The normalized spacial score (nSPS) is 0. The molecule has 0 N–H and O–H groups in total. The van der Waals surface area contributed by atoms with Crippen LogP contribution in [0.25, 0.3) is 0 Å². The molecule has 0 aromatic rings. The summed E-state index contributed by atoms with van der Waals surface area (Å²) in [6, 6.07) is 0. The van der Waals surface area contributed by atoms with E-state index in [1.165, 1.54) is 0 Å². The van der Waals surface area contributed by atoms with Crippen LogP contribution in [-0.4, -0.2) is 0 Å². The van der Waals surface area contributed by atoms with Crippen molar-refractivity contribution in [1.82, 2.24) is 0 Å². The summed E-state index contributed by atoms with van der Waals surface area (Å²) in [7, 11) is 0. The number of hydrogen-bond donors (Lipinski definition) is 0. The van der Waals surface area contributed by atoms with E-state index in [9.17, 15) is 0 Å². The molecule has 0 amide bonds. The van der Waals surface area contributed by atoms with Crippen LogP contribution < -0.4 is 51.4 Å². The Hall–Kier alpha value is 3.57. The monoisotopic (exact) mass is 278 g/mol. The van der Waals surface area contributed by atoms with Gasteiger partial charge in [0.2, 0.25) is 0 Å². The van der Waals surface area contributed by atoms with Crippen LogP contribution in [-0.2, 0) is 27.0 Å². The van der Waals surface area contributed by atoms with E-state index in [0.717, 1.165) is 0 Å².